The van der Waals surface area contributed by atoms with Crippen molar-refractivity contribution in [3.63, 3.8) is 0 Å². The minimum atomic E-state index is -0.0393. The van der Waals surface area contributed by atoms with Crippen LogP contribution in [0.15, 0.2) is 42.5 Å². The maximum absolute atomic E-state index is 12.6. The minimum absolute atomic E-state index is 0.0361. The summed E-state index contributed by atoms with van der Waals surface area (Å²) in [6.07, 6.45) is 2.28. The summed E-state index contributed by atoms with van der Waals surface area (Å²) in [5.41, 5.74) is 3.35. The standard InChI is InChI=1S/C24H27N3O3/c1-15-23(26-19-4-3-5-20(13-19)30-11-10-28)21-12-17(14-25)6-9-22(21)27(16(2)29)24(15)18-7-8-18/h3-6,9,12-13,15,18,23-24,26,28H,7-8,10-11H2,1-2H3/t15-,23-,24-/m1/s1. The van der Waals surface area contributed by atoms with E-state index in [9.17, 15) is 10.1 Å². The fraction of sp³-hybridized carbons (Fsp3) is 0.417. The highest BCUT2D eigenvalue weighted by molar-refractivity contribution is 5.94. The number of aliphatic hydroxyl groups is 1. The van der Waals surface area contributed by atoms with E-state index in [2.05, 4.69) is 18.3 Å². The van der Waals surface area contributed by atoms with Crippen molar-refractivity contribution in [2.24, 2.45) is 11.8 Å². The molecule has 0 bridgehead atoms. The molecule has 0 radical (unpaired) electrons. The van der Waals surface area contributed by atoms with Crippen molar-refractivity contribution in [2.45, 2.75) is 38.8 Å². The van der Waals surface area contributed by atoms with Crippen LogP contribution >= 0.6 is 0 Å². The number of carbonyl (C=O) groups is 1. The zero-order chi connectivity index (χ0) is 21.3. The van der Waals surface area contributed by atoms with Crippen molar-refractivity contribution >= 4 is 17.3 Å². The van der Waals surface area contributed by atoms with E-state index < -0.39 is 0 Å². The summed E-state index contributed by atoms with van der Waals surface area (Å²) in [5.74, 6) is 1.41. The van der Waals surface area contributed by atoms with Gasteiger partial charge in [-0.1, -0.05) is 13.0 Å². The third-order valence-electron chi connectivity index (χ3n) is 6.07. The Labute approximate surface area is 177 Å². The third-order valence-corrected chi connectivity index (χ3v) is 6.07. The van der Waals surface area contributed by atoms with Gasteiger partial charge in [-0.25, -0.2) is 0 Å². The zero-order valence-corrected chi connectivity index (χ0v) is 17.3. The van der Waals surface area contributed by atoms with Crippen LogP contribution in [0.5, 0.6) is 5.75 Å². The van der Waals surface area contributed by atoms with Gasteiger partial charge in [0, 0.05) is 36.3 Å². The van der Waals surface area contributed by atoms with Gasteiger partial charge in [-0.2, -0.15) is 5.26 Å². The van der Waals surface area contributed by atoms with Crippen molar-refractivity contribution in [2.75, 3.05) is 23.4 Å². The second-order valence-electron chi connectivity index (χ2n) is 8.18. The minimum Gasteiger partial charge on any atom is -0.491 e. The van der Waals surface area contributed by atoms with E-state index in [1.165, 1.54) is 0 Å². The zero-order valence-electron chi connectivity index (χ0n) is 17.3. The van der Waals surface area contributed by atoms with Crippen LogP contribution in [0.1, 0.15) is 43.9 Å². The molecule has 1 amide bonds. The Morgan fingerprint density at radius 1 is 1.30 bits per heavy atom. The highest BCUT2D eigenvalue weighted by Gasteiger charge is 2.47. The lowest BCUT2D eigenvalue weighted by molar-refractivity contribution is -0.117. The van der Waals surface area contributed by atoms with E-state index >= 15 is 0 Å². The summed E-state index contributed by atoms with van der Waals surface area (Å²) < 4.78 is 5.55. The normalized spacial score (nSPS) is 22.7. The van der Waals surface area contributed by atoms with Crippen molar-refractivity contribution in [3.8, 4) is 11.8 Å². The van der Waals surface area contributed by atoms with Crippen molar-refractivity contribution in [1.29, 1.82) is 5.26 Å². The number of rotatable bonds is 6. The first-order chi connectivity index (χ1) is 14.5. The molecule has 1 aliphatic carbocycles. The van der Waals surface area contributed by atoms with Crippen molar-refractivity contribution in [1.82, 2.24) is 0 Å². The molecule has 6 nitrogen and oxygen atoms in total. The van der Waals surface area contributed by atoms with E-state index in [0.29, 0.717) is 17.2 Å². The van der Waals surface area contributed by atoms with E-state index in [1.54, 1.807) is 13.0 Å². The Morgan fingerprint density at radius 3 is 2.77 bits per heavy atom. The lowest BCUT2D eigenvalue weighted by atomic mass is 9.79. The van der Waals surface area contributed by atoms with Crippen molar-refractivity contribution < 1.29 is 14.6 Å². The van der Waals surface area contributed by atoms with Gasteiger partial charge in [0.1, 0.15) is 12.4 Å². The van der Waals surface area contributed by atoms with Crippen molar-refractivity contribution in [3.05, 3.63) is 53.6 Å². The molecule has 0 aromatic heterocycles. The molecule has 2 aromatic carbocycles. The van der Waals surface area contributed by atoms with Crippen LogP contribution in [0.25, 0.3) is 0 Å². The van der Waals surface area contributed by atoms with Crippen LogP contribution in [-0.4, -0.2) is 30.3 Å². The van der Waals surface area contributed by atoms with Gasteiger partial charge in [0.2, 0.25) is 5.91 Å². The number of ether oxygens (including phenoxy) is 1. The van der Waals surface area contributed by atoms with Gasteiger partial charge in [0.15, 0.2) is 0 Å². The molecule has 0 saturated heterocycles. The number of hydrogen-bond donors (Lipinski definition) is 2. The molecule has 2 aliphatic rings. The quantitative estimate of drug-likeness (QED) is 0.762. The van der Waals surface area contributed by atoms with E-state index in [0.717, 1.165) is 29.8 Å². The lowest BCUT2D eigenvalue weighted by Gasteiger charge is -2.46. The van der Waals surface area contributed by atoms with Gasteiger partial charge in [-0.05, 0) is 54.7 Å². The summed E-state index contributed by atoms with van der Waals surface area (Å²) >= 11 is 0. The summed E-state index contributed by atoms with van der Waals surface area (Å²) in [4.78, 5) is 14.6. The molecule has 0 unspecified atom stereocenters. The van der Waals surface area contributed by atoms with Gasteiger partial charge in [0.25, 0.3) is 0 Å². The molecule has 0 spiro atoms. The third kappa shape index (κ3) is 3.86. The predicted molar refractivity (Wildman–Crippen MR) is 115 cm³/mol. The SMILES string of the molecule is CC(=O)N1c2ccc(C#N)cc2[C@H](Nc2cccc(OCCO)c2)[C@@H](C)[C@@H]1C1CC1. The van der Waals surface area contributed by atoms with E-state index in [1.807, 2.05) is 41.3 Å². The fourth-order valence-electron chi connectivity index (χ4n) is 4.65. The molecule has 1 saturated carbocycles. The summed E-state index contributed by atoms with van der Waals surface area (Å²) in [6, 6.07) is 15.6. The lowest BCUT2D eigenvalue weighted by Crippen LogP contribution is -2.51. The van der Waals surface area contributed by atoms with Crippen LogP contribution in [0.3, 0.4) is 0 Å². The van der Waals surface area contributed by atoms with Gasteiger partial charge in [-0.3, -0.25) is 4.79 Å². The number of carbonyl (C=O) groups excluding carboxylic acids is 1. The largest absolute Gasteiger partial charge is 0.491 e. The maximum atomic E-state index is 12.6. The number of anilines is 2. The average molecular weight is 405 g/mol. The smallest absolute Gasteiger partial charge is 0.224 e. The first kappa shape index (κ1) is 20.2. The maximum Gasteiger partial charge on any atom is 0.224 e. The molecular weight excluding hydrogens is 378 g/mol. The van der Waals surface area contributed by atoms with Gasteiger partial charge < -0.3 is 20.1 Å². The number of nitrogens with one attached hydrogen (secondary N) is 1. The molecule has 2 aromatic rings. The number of benzene rings is 2. The first-order valence-corrected chi connectivity index (χ1v) is 10.5. The number of aliphatic hydroxyl groups excluding tert-OH is 1. The molecular formula is C24H27N3O3. The van der Waals surface area contributed by atoms with Gasteiger partial charge >= 0.3 is 0 Å². The molecule has 2 N–H and O–H groups in total. The number of amides is 1. The van der Waals surface area contributed by atoms with Crippen LogP contribution in [-0.2, 0) is 4.79 Å². The highest BCUT2D eigenvalue weighted by atomic mass is 16.5. The summed E-state index contributed by atoms with van der Waals surface area (Å²) in [5, 5.41) is 22.1. The Kier molecular flexibility index (Phi) is 5.65. The molecule has 1 aliphatic heterocycles. The number of hydrogen-bond acceptors (Lipinski definition) is 5. The molecule has 4 rings (SSSR count). The van der Waals surface area contributed by atoms with Crippen LogP contribution in [0, 0.1) is 23.2 Å². The average Bonchev–Trinajstić information content (AvgIpc) is 3.58. The molecule has 1 heterocycles. The second-order valence-corrected chi connectivity index (χ2v) is 8.18. The number of nitrogens with zero attached hydrogens (tertiary/aromatic N) is 2. The van der Waals surface area contributed by atoms with E-state index in [4.69, 9.17) is 9.84 Å². The first-order valence-electron chi connectivity index (χ1n) is 10.5. The predicted octanol–water partition coefficient (Wildman–Crippen LogP) is 3.86. The molecule has 3 atom stereocenters. The molecule has 156 valence electrons. The number of fused-ring (bicyclic) bond motifs is 1. The van der Waals surface area contributed by atoms with Gasteiger partial charge in [-0.15, -0.1) is 0 Å². The monoisotopic (exact) mass is 405 g/mol. The topological polar surface area (TPSA) is 85.6 Å². The van der Waals surface area contributed by atoms with E-state index in [-0.39, 0.29) is 37.1 Å². The highest BCUT2D eigenvalue weighted by Crippen LogP contribution is 2.50. The summed E-state index contributed by atoms with van der Waals surface area (Å²) in [7, 11) is 0. The fourth-order valence-corrected chi connectivity index (χ4v) is 4.65. The molecule has 30 heavy (non-hydrogen) atoms. The van der Waals surface area contributed by atoms with Crippen LogP contribution in [0.2, 0.25) is 0 Å². The Bertz CT molecular complexity index is 980. The molecule has 1 fully saturated rings. The number of nitriles is 1. The molecule has 6 heteroatoms. The Morgan fingerprint density at radius 2 is 2.10 bits per heavy atom. The Hall–Kier alpha value is -3.04. The second kappa shape index (κ2) is 8.37. The summed E-state index contributed by atoms with van der Waals surface area (Å²) in [6.45, 7) is 4.02. The van der Waals surface area contributed by atoms with Crippen LogP contribution < -0.4 is 15.0 Å². The van der Waals surface area contributed by atoms with Gasteiger partial charge in [0.05, 0.1) is 24.3 Å². The Balaban J connectivity index is 1.74. The van der Waals surface area contributed by atoms with Crippen LogP contribution in [0.4, 0.5) is 11.4 Å².